The first-order chi connectivity index (χ1) is 12.8. The van der Waals surface area contributed by atoms with Crippen molar-refractivity contribution in [2.45, 2.75) is 6.54 Å². The lowest BCUT2D eigenvalue weighted by molar-refractivity contribution is -0.659. The predicted octanol–water partition coefficient (Wildman–Crippen LogP) is -0.529. The Morgan fingerprint density at radius 1 is 1.37 bits per heavy atom. The fourth-order valence-electron chi connectivity index (χ4n) is 2.57. The fraction of sp³-hybridized carbons (Fsp3) is 0.188. The van der Waals surface area contributed by atoms with Gasteiger partial charge in [-0.15, -0.1) is 0 Å². The molecule has 11 heteroatoms. The molecule has 0 atom stereocenters. The first-order valence-corrected chi connectivity index (χ1v) is 8.56. The summed E-state index contributed by atoms with van der Waals surface area (Å²) in [7, 11) is 2.90. The molecule has 0 saturated carbocycles. The van der Waals surface area contributed by atoms with Crippen molar-refractivity contribution in [1.29, 1.82) is 0 Å². The van der Waals surface area contributed by atoms with Gasteiger partial charge >= 0.3 is 11.2 Å². The molecule has 1 amide bonds. The number of nitrogens with one attached hydrogen (secondary N) is 2. The lowest BCUT2D eigenvalue weighted by Gasteiger charge is -2.02. The Balaban J connectivity index is 1.81. The number of carbonyl (C=O) groups excluding carboxylic acids is 1. The zero-order valence-electron chi connectivity index (χ0n) is 14.4. The van der Waals surface area contributed by atoms with E-state index in [2.05, 4.69) is 31.4 Å². The lowest BCUT2D eigenvalue weighted by Crippen LogP contribution is -2.46. The second-order valence-corrected chi connectivity index (χ2v) is 6.72. The molecule has 0 radical (unpaired) electrons. The van der Waals surface area contributed by atoms with Crippen molar-refractivity contribution >= 4 is 39.2 Å². The number of hydrazone groups is 1. The van der Waals surface area contributed by atoms with Gasteiger partial charge in [-0.25, -0.2) is 19.8 Å². The van der Waals surface area contributed by atoms with Crippen LogP contribution in [0.25, 0.3) is 11.2 Å². The van der Waals surface area contributed by atoms with Crippen LogP contribution in [0.4, 0.5) is 0 Å². The molecule has 0 spiro atoms. The maximum absolute atomic E-state index is 12.3. The third-order valence-electron chi connectivity index (χ3n) is 3.98. The van der Waals surface area contributed by atoms with E-state index in [1.807, 2.05) is 0 Å². The largest absolute Gasteiger partial charge is 0.507 e. The van der Waals surface area contributed by atoms with Gasteiger partial charge in [-0.05, 0) is 18.2 Å². The number of carbonyl (C=O) groups is 1. The Morgan fingerprint density at radius 2 is 2.11 bits per heavy atom. The number of H-pyrrole nitrogens is 1. The third kappa shape index (κ3) is 3.53. The number of hydrogen-bond acceptors (Lipinski definition) is 5. The highest BCUT2D eigenvalue weighted by molar-refractivity contribution is 9.10. The smallest absolute Gasteiger partial charge is 0.333 e. The number of aromatic hydroxyl groups is 1. The van der Waals surface area contributed by atoms with E-state index in [-0.39, 0.29) is 17.8 Å². The molecule has 0 aliphatic rings. The number of hydrogen-bond donors (Lipinski definition) is 3. The average Bonchev–Trinajstić information content (AvgIpc) is 3.04. The van der Waals surface area contributed by atoms with Gasteiger partial charge in [-0.3, -0.25) is 18.7 Å². The Bertz CT molecular complexity index is 1190. The van der Waals surface area contributed by atoms with Crippen LogP contribution in [0.2, 0.25) is 0 Å². The Kier molecular flexibility index (Phi) is 4.95. The summed E-state index contributed by atoms with van der Waals surface area (Å²) in [6.07, 6.45) is 2.75. The molecule has 2 heterocycles. The summed E-state index contributed by atoms with van der Waals surface area (Å²) in [6.45, 7) is -0.185. The predicted molar refractivity (Wildman–Crippen MR) is 101 cm³/mol. The molecule has 2 aromatic heterocycles. The maximum atomic E-state index is 12.3. The normalized spacial score (nSPS) is 11.4. The summed E-state index contributed by atoms with van der Waals surface area (Å²) in [5.41, 5.74) is 2.30. The highest BCUT2D eigenvalue weighted by Crippen LogP contribution is 2.19. The number of halogens is 1. The van der Waals surface area contributed by atoms with E-state index >= 15 is 0 Å². The highest BCUT2D eigenvalue weighted by Gasteiger charge is 2.21. The van der Waals surface area contributed by atoms with Crippen LogP contribution in [0.1, 0.15) is 5.56 Å². The van der Waals surface area contributed by atoms with Gasteiger partial charge in [-0.1, -0.05) is 15.9 Å². The molecule has 0 fully saturated rings. The number of rotatable bonds is 4. The molecule has 0 unspecified atom stereocenters. The summed E-state index contributed by atoms with van der Waals surface area (Å²) in [6, 6.07) is 4.81. The lowest BCUT2D eigenvalue weighted by atomic mass is 10.2. The SMILES string of the molecule is Cn1c(=O)c2c([nH]c[n+]2CC(=O)N/N=C/c2cc(Br)ccc2O)n(C)c1=O. The quantitative estimate of drug-likeness (QED) is 0.289. The molecule has 27 heavy (non-hydrogen) atoms. The Hall–Kier alpha value is -3.21. The third-order valence-corrected chi connectivity index (χ3v) is 4.47. The molecule has 0 aliphatic carbocycles. The molecular weight excluding hydrogens is 420 g/mol. The van der Waals surface area contributed by atoms with E-state index in [0.29, 0.717) is 11.2 Å². The van der Waals surface area contributed by atoms with Crippen LogP contribution >= 0.6 is 15.9 Å². The van der Waals surface area contributed by atoms with Crippen LogP contribution in [0.15, 0.2) is 43.7 Å². The first kappa shape index (κ1) is 18.6. The molecule has 1 aromatic carbocycles. The van der Waals surface area contributed by atoms with Gasteiger partial charge in [-0.2, -0.15) is 5.10 Å². The minimum absolute atomic E-state index is 0.0200. The van der Waals surface area contributed by atoms with Gasteiger partial charge in [0.2, 0.25) is 6.33 Å². The molecule has 0 saturated heterocycles. The number of amides is 1. The van der Waals surface area contributed by atoms with Gasteiger partial charge < -0.3 is 5.11 Å². The summed E-state index contributed by atoms with van der Waals surface area (Å²) in [5.74, 6) is -0.464. The van der Waals surface area contributed by atoms with Crippen molar-refractivity contribution in [3.05, 3.63) is 55.4 Å². The van der Waals surface area contributed by atoms with Crippen LogP contribution < -0.4 is 21.2 Å². The van der Waals surface area contributed by atoms with E-state index < -0.39 is 17.2 Å². The zero-order valence-corrected chi connectivity index (χ0v) is 16.0. The minimum atomic E-state index is -0.510. The van der Waals surface area contributed by atoms with Crippen molar-refractivity contribution in [3.63, 3.8) is 0 Å². The van der Waals surface area contributed by atoms with Gasteiger partial charge in [0, 0.05) is 24.1 Å². The molecular formula is C16H16BrN6O4+. The van der Waals surface area contributed by atoms with Crippen molar-refractivity contribution in [1.82, 2.24) is 19.5 Å². The van der Waals surface area contributed by atoms with E-state index in [9.17, 15) is 19.5 Å². The van der Waals surface area contributed by atoms with Crippen LogP contribution in [0, 0.1) is 0 Å². The molecule has 3 rings (SSSR count). The number of phenolic OH excluding ortho intramolecular Hbond substituents is 1. The van der Waals surface area contributed by atoms with E-state index in [4.69, 9.17) is 0 Å². The topological polar surface area (TPSA) is 125 Å². The second-order valence-electron chi connectivity index (χ2n) is 5.80. The molecule has 0 aliphatic heterocycles. The van der Waals surface area contributed by atoms with Crippen molar-refractivity contribution in [2.24, 2.45) is 19.2 Å². The van der Waals surface area contributed by atoms with E-state index in [1.165, 1.54) is 41.8 Å². The fourth-order valence-corrected chi connectivity index (χ4v) is 2.95. The number of fused-ring (bicyclic) bond motifs is 1. The number of nitrogens with zero attached hydrogens (tertiary/aromatic N) is 4. The highest BCUT2D eigenvalue weighted by atomic mass is 79.9. The number of aromatic amines is 1. The van der Waals surface area contributed by atoms with Crippen molar-refractivity contribution in [2.75, 3.05) is 0 Å². The van der Waals surface area contributed by atoms with Crippen LogP contribution in [0.3, 0.4) is 0 Å². The van der Waals surface area contributed by atoms with Gasteiger partial charge in [0.05, 0.1) is 6.21 Å². The second kappa shape index (κ2) is 7.19. The number of aromatic nitrogens is 4. The first-order valence-electron chi connectivity index (χ1n) is 7.76. The Morgan fingerprint density at radius 3 is 2.85 bits per heavy atom. The number of imidazole rings is 1. The van der Waals surface area contributed by atoms with Gasteiger partial charge in [0.15, 0.2) is 6.54 Å². The zero-order chi connectivity index (χ0) is 19.7. The van der Waals surface area contributed by atoms with Crippen molar-refractivity contribution < 1.29 is 14.5 Å². The van der Waals surface area contributed by atoms with Gasteiger partial charge in [0.1, 0.15) is 5.75 Å². The average molecular weight is 436 g/mol. The summed E-state index contributed by atoms with van der Waals surface area (Å²) < 4.78 is 4.42. The monoisotopic (exact) mass is 435 g/mol. The van der Waals surface area contributed by atoms with Crippen LogP contribution in [-0.4, -0.2) is 31.3 Å². The van der Waals surface area contributed by atoms with Crippen molar-refractivity contribution in [3.8, 4) is 5.75 Å². The maximum Gasteiger partial charge on any atom is 0.333 e. The van der Waals surface area contributed by atoms with E-state index in [1.54, 1.807) is 12.1 Å². The van der Waals surface area contributed by atoms with E-state index in [0.717, 1.165) is 9.04 Å². The number of phenols is 1. The minimum Gasteiger partial charge on any atom is -0.507 e. The molecule has 140 valence electrons. The molecule has 3 N–H and O–H groups in total. The van der Waals surface area contributed by atoms with Crippen LogP contribution in [-0.2, 0) is 25.4 Å². The number of aryl methyl sites for hydroxylation is 1. The van der Waals surface area contributed by atoms with Gasteiger partial charge in [0.25, 0.3) is 17.1 Å². The molecule has 3 aromatic rings. The molecule has 0 bridgehead atoms. The summed E-state index contributed by atoms with van der Waals surface area (Å²) in [4.78, 5) is 39.2. The number of benzene rings is 1. The van der Waals surface area contributed by atoms with Crippen LogP contribution in [0.5, 0.6) is 5.75 Å². The Labute approximate surface area is 160 Å². The standard InChI is InChI=1S/C16H15BrN6O4/c1-21-14-13(15(26)22(2)16(21)27)23(8-18-14)7-12(25)20-19-6-9-5-10(17)3-4-11(9)24/h3-6,8H,7H2,1-2H3,(H2,19,20,24,25)/p+1. The summed E-state index contributed by atoms with van der Waals surface area (Å²) >= 11 is 3.28. The molecule has 10 nitrogen and oxygen atoms in total. The summed E-state index contributed by atoms with van der Waals surface area (Å²) in [5, 5.41) is 13.5.